The number of carbonyl (C=O) groups excluding carboxylic acids is 1. The Balaban J connectivity index is 1.60. The Morgan fingerprint density at radius 3 is 2.09 bits per heavy atom. The molecule has 0 saturated heterocycles. The molecule has 1 aromatic heterocycles. The second-order valence-electron chi connectivity index (χ2n) is 7.71. The molecule has 0 bridgehead atoms. The van der Waals surface area contributed by atoms with Crippen molar-refractivity contribution in [1.82, 2.24) is 4.90 Å². The summed E-state index contributed by atoms with van der Waals surface area (Å²) in [4.78, 5) is 15.1. The van der Waals surface area contributed by atoms with Crippen molar-refractivity contribution in [3.63, 3.8) is 0 Å². The van der Waals surface area contributed by atoms with Gasteiger partial charge in [-0.1, -0.05) is 44.2 Å². The van der Waals surface area contributed by atoms with Gasteiger partial charge < -0.3 is 19.7 Å². The Bertz CT molecular complexity index is 1250. The fraction of sp³-hybridized carbons (Fsp3) is 0.192. The van der Waals surface area contributed by atoms with Crippen LogP contribution in [0.4, 0.5) is 0 Å². The Kier molecular flexibility index (Phi) is 5.88. The molecule has 0 radical (unpaired) electrons. The number of phenolic OH excluding ortho intramolecular Hbond substituents is 3. The van der Waals surface area contributed by atoms with Gasteiger partial charge in [0.05, 0.1) is 0 Å². The zero-order valence-corrected chi connectivity index (χ0v) is 18.0. The van der Waals surface area contributed by atoms with Gasteiger partial charge in [0, 0.05) is 17.5 Å². The van der Waals surface area contributed by atoms with E-state index in [2.05, 4.69) is 43.0 Å². The van der Waals surface area contributed by atoms with E-state index in [1.54, 1.807) is 6.07 Å². The molecule has 0 aliphatic carbocycles. The number of rotatable bonds is 7. The molecule has 0 unspecified atom stereocenters. The number of carbonyl (C=O) groups is 1. The van der Waals surface area contributed by atoms with Crippen LogP contribution in [-0.2, 0) is 6.54 Å². The van der Waals surface area contributed by atoms with Crippen LogP contribution in [-0.4, -0.2) is 39.1 Å². The maximum absolute atomic E-state index is 12.8. The molecular weight excluding hydrogens is 406 g/mol. The van der Waals surface area contributed by atoms with Crippen LogP contribution in [0.3, 0.4) is 0 Å². The van der Waals surface area contributed by atoms with Crippen LogP contribution in [0, 0.1) is 0 Å². The Hall–Kier alpha value is -3.77. The van der Waals surface area contributed by atoms with Crippen LogP contribution in [0.1, 0.15) is 35.5 Å². The number of fused-ring (bicyclic) bond motifs is 1. The number of furan rings is 1. The maximum Gasteiger partial charge on any atom is 0.228 e. The number of phenols is 3. The number of benzene rings is 3. The van der Waals surface area contributed by atoms with E-state index in [4.69, 9.17) is 4.42 Å². The zero-order chi connectivity index (χ0) is 22.8. The standard InChI is InChI=1S/C26H25NO5/c1-3-27(4-2)15-16-5-7-17(8-6-16)18-9-10-23-19(11-18)14-24(32-23)25(30)20-12-21(28)26(31)22(29)13-20/h5-14,28-29,31H,3-4,15H2,1-2H3. The van der Waals surface area contributed by atoms with Gasteiger partial charge >= 0.3 is 0 Å². The van der Waals surface area contributed by atoms with Crippen molar-refractivity contribution < 1.29 is 24.5 Å². The SMILES string of the molecule is CCN(CC)Cc1ccc(-c2ccc3oc(C(=O)c4cc(O)c(O)c(O)c4)cc3c2)cc1. The minimum atomic E-state index is -0.668. The number of aromatic hydroxyl groups is 3. The molecular formula is C26H25NO5. The molecule has 0 fully saturated rings. The molecule has 0 aliphatic heterocycles. The first-order valence-corrected chi connectivity index (χ1v) is 10.5. The molecule has 4 aromatic rings. The van der Waals surface area contributed by atoms with Gasteiger partial charge in [-0.2, -0.15) is 0 Å². The molecule has 0 amide bonds. The second-order valence-corrected chi connectivity index (χ2v) is 7.71. The molecule has 4 rings (SSSR count). The lowest BCUT2D eigenvalue weighted by Crippen LogP contribution is -2.21. The smallest absolute Gasteiger partial charge is 0.228 e. The van der Waals surface area contributed by atoms with Gasteiger partial charge in [0.15, 0.2) is 23.0 Å². The third-order valence-electron chi connectivity index (χ3n) is 5.66. The zero-order valence-electron chi connectivity index (χ0n) is 18.0. The first-order valence-electron chi connectivity index (χ1n) is 10.5. The van der Waals surface area contributed by atoms with E-state index in [1.807, 2.05) is 18.2 Å². The van der Waals surface area contributed by atoms with Crippen LogP contribution in [0.5, 0.6) is 17.2 Å². The van der Waals surface area contributed by atoms with E-state index >= 15 is 0 Å². The van der Waals surface area contributed by atoms with E-state index in [9.17, 15) is 20.1 Å². The molecule has 32 heavy (non-hydrogen) atoms. The summed E-state index contributed by atoms with van der Waals surface area (Å²) in [6.45, 7) is 7.26. The molecule has 1 heterocycles. The third kappa shape index (κ3) is 4.18. The predicted octanol–water partition coefficient (Wildman–Crippen LogP) is 5.29. The molecule has 0 spiro atoms. The highest BCUT2D eigenvalue weighted by Gasteiger charge is 2.19. The number of ketones is 1. The van der Waals surface area contributed by atoms with E-state index in [0.717, 1.165) is 48.3 Å². The molecule has 6 heteroatoms. The minimum absolute atomic E-state index is 0.0147. The van der Waals surface area contributed by atoms with Crippen LogP contribution in [0.15, 0.2) is 65.1 Å². The lowest BCUT2D eigenvalue weighted by molar-refractivity contribution is 0.101. The van der Waals surface area contributed by atoms with Crippen LogP contribution < -0.4 is 0 Å². The van der Waals surface area contributed by atoms with Gasteiger partial charge in [-0.3, -0.25) is 9.69 Å². The second kappa shape index (κ2) is 8.77. The van der Waals surface area contributed by atoms with Gasteiger partial charge in [-0.05, 0) is 60.1 Å². The molecule has 6 nitrogen and oxygen atoms in total. The molecule has 0 saturated carbocycles. The highest BCUT2D eigenvalue weighted by atomic mass is 16.3. The van der Waals surface area contributed by atoms with Gasteiger partial charge in [-0.25, -0.2) is 0 Å². The van der Waals surface area contributed by atoms with Crippen molar-refractivity contribution in [2.24, 2.45) is 0 Å². The Morgan fingerprint density at radius 1 is 0.844 bits per heavy atom. The Morgan fingerprint density at radius 2 is 1.47 bits per heavy atom. The summed E-state index contributed by atoms with van der Waals surface area (Å²) in [6, 6.07) is 18.0. The van der Waals surface area contributed by atoms with Crippen LogP contribution >= 0.6 is 0 Å². The molecule has 3 N–H and O–H groups in total. The summed E-state index contributed by atoms with van der Waals surface area (Å²) in [5.41, 5.74) is 3.91. The minimum Gasteiger partial charge on any atom is -0.504 e. The van der Waals surface area contributed by atoms with Crippen molar-refractivity contribution in [2.75, 3.05) is 13.1 Å². The van der Waals surface area contributed by atoms with Gasteiger partial charge in [0.1, 0.15) is 5.58 Å². The van der Waals surface area contributed by atoms with Crippen molar-refractivity contribution in [3.8, 4) is 28.4 Å². The normalized spacial score (nSPS) is 11.3. The molecule has 0 aliphatic rings. The van der Waals surface area contributed by atoms with E-state index in [-0.39, 0.29) is 11.3 Å². The van der Waals surface area contributed by atoms with Crippen molar-refractivity contribution >= 4 is 16.8 Å². The molecule has 3 aromatic carbocycles. The monoisotopic (exact) mass is 431 g/mol. The summed E-state index contributed by atoms with van der Waals surface area (Å²) >= 11 is 0. The van der Waals surface area contributed by atoms with Gasteiger partial charge in [-0.15, -0.1) is 0 Å². The van der Waals surface area contributed by atoms with E-state index in [0.29, 0.717) is 5.58 Å². The first-order chi connectivity index (χ1) is 15.4. The van der Waals surface area contributed by atoms with Crippen molar-refractivity contribution in [1.29, 1.82) is 0 Å². The highest BCUT2D eigenvalue weighted by molar-refractivity contribution is 6.09. The fourth-order valence-corrected chi connectivity index (χ4v) is 3.72. The average molecular weight is 431 g/mol. The lowest BCUT2D eigenvalue weighted by atomic mass is 10.0. The number of hydrogen-bond donors (Lipinski definition) is 3. The summed E-state index contributed by atoms with van der Waals surface area (Å²) < 4.78 is 5.69. The van der Waals surface area contributed by atoms with Crippen molar-refractivity contribution in [3.05, 3.63) is 77.6 Å². The Labute approximate surface area is 186 Å². The van der Waals surface area contributed by atoms with Crippen LogP contribution in [0.2, 0.25) is 0 Å². The fourth-order valence-electron chi connectivity index (χ4n) is 3.72. The first kappa shape index (κ1) is 21.5. The molecule has 0 atom stereocenters. The highest BCUT2D eigenvalue weighted by Crippen LogP contribution is 2.36. The van der Waals surface area contributed by atoms with Crippen molar-refractivity contribution in [2.45, 2.75) is 20.4 Å². The number of hydrogen-bond acceptors (Lipinski definition) is 6. The predicted molar refractivity (Wildman–Crippen MR) is 123 cm³/mol. The number of nitrogens with zero attached hydrogens (tertiary/aromatic N) is 1. The molecule has 164 valence electrons. The summed E-state index contributed by atoms with van der Waals surface area (Å²) in [5.74, 6) is -2.24. The summed E-state index contributed by atoms with van der Waals surface area (Å²) in [5, 5.41) is 29.6. The topological polar surface area (TPSA) is 94.1 Å². The summed E-state index contributed by atoms with van der Waals surface area (Å²) in [6.07, 6.45) is 0. The quantitative estimate of drug-likeness (QED) is 0.272. The summed E-state index contributed by atoms with van der Waals surface area (Å²) in [7, 11) is 0. The van der Waals surface area contributed by atoms with Gasteiger partial charge in [0.25, 0.3) is 0 Å². The average Bonchev–Trinajstić information content (AvgIpc) is 3.24. The largest absolute Gasteiger partial charge is 0.504 e. The third-order valence-corrected chi connectivity index (χ3v) is 5.66. The lowest BCUT2D eigenvalue weighted by Gasteiger charge is -2.18. The van der Waals surface area contributed by atoms with E-state index in [1.165, 1.54) is 5.56 Å². The van der Waals surface area contributed by atoms with Crippen LogP contribution in [0.25, 0.3) is 22.1 Å². The van der Waals surface area contributed by atoms with E-state index < -0.39 is 23.0 Å². The van der Waals surface area contributed by atoms with Gasteiger partial charge in [0.2, 0.25) is 5.78 Å². The maximum atomic E-state index is 12.8.